The van der Waals surface area contributed by atoms with Crippen molar-refractivity contribution in [1.82, 2.24) is 19.9 Å². The van der Waals surface area contributed by atoms with Crippen LogP contribution in [0.2, 0.25) is 5.15 Å². The third-order valence-electron chi connectivity index (χ3n) is 4.09. The first-order valence-corrected chi connectivity index (χ1v) is 9.25. The number of hydrogen-bond donors (Lipinski definition) is 2. The van der Waals surface area contributed by atoms with Crippen LogP contribution in [-0.2, 0) is 19.5 Å². The molecule has 0 saturated carbocycles. The molecule has 6 nitrogen and oxygen atoms in total. The fraction of sp³-hybridized carbons (Fsp3) is 0.250. The zero-order valence-electron chi connectivity index (χ0n) is 14.9. The Morgan fingerprint density at radius 3 is 2.59 bits per heavy atom. The average molecular weight is 384 g/mol. The highest BCUT2D eigenvalue weighted by Gasteiger charge is 2.08. The lowest BCUT2D eigenvalue weighted by Gasteiger charge is -2.12. The number of hydrogen-bond acceptors (Lipinski definition) is 5. The van der Waals surface area contributed by atoms with E-state index in [-0.39, 0.29) is 5.56 Å². The highest BCUT2D eigenvalue weighted by molar-refractivity contribution is 6.29. The molecule has 0 bridgehead atoms. The number of aromatic nitrogens is 3. The SMILES string of the molecule is O=c1c(NCCc2ccccn2)ncc(Cl)n1CCNCc1ccccc1. The van der Waals surface area contributed by atoms with Crippen LogP contribution < -0.4 is 16.2 Å². The van der Waals surface area contributed by atoms with E-state index in [4.69, 9.17) is 11.6 Å². The van der Waals surface area contributed by atoms with E-state index in [9.17, 15) is 4.79 Å². The second-order valence-electron chi connectivity index (χ2n) is 6.05. The van der Waals surface area contributed by atoms with Gasteiger partial charge < -0.3 is 10.6 Å². The Hall–Kier alpha value is -2.70. The Morgan fingerprint density at radius 2 is 1.81 bits per heavy atom. The summed E-state index contributed by atoms with van der Waals surface area (Å²) in [6, 6.07) is 15.9. The van der Waals surface area contributed by atoms with E-state index in [1.807, 2.05) is 36.4 Å². The van der Waals surface area contributed by atoms with Gasteiger partial charge in [0, 0.05) is 44.5 Å². The zero-order valence-corrected chi connectivity index (χ0v) is 15.7. The minimum absolute atomic E-state index is 0.218. The highest BCUT2D eigenvalue weighted by atomic mass is 35.5. The molecular formula is C20H22ClN5O. The molecule has 2 aromatic heterocycles. The first-order chi connectivity index (χ1) is 13.2. The predicted octanol–water partition coefficient (Wildman–Crippen LogP) is 2.74. The molecule has 3 rings (SSSR count). The Morgan fingerprint density at radius 1 is 1.00 bits per heavy atom. The maximum Gasteiger partial charge on any atom is 0.294 e. The van der Waals surface area contributed by atoms with Gasteiger partial charge in [-0.25, -0.2) is 4.98 Å². The maximum absolute atomic E-state index is 12.6. The van der Waals surface area contributed by atoms with Gasteiger partial charge in [-0.2, -0.15) is 0 Å². The molecule has 0 radical (unpaired) electrons. The molecule has 0 saturated heterocycles. The van der Waals surface area contributed by atoms with Crippen LogP contribution in [0.15, 0.2) is 65.7 Å². The number of benzene rings is 1. The van der Waals surface area contributed by atoms with Crippen LogP contribution in [0, 0.1) is 0 Å². The van der Waals surface area contributed by atoms with Crippen molar-refractivity contribution in [3.05, 3.63) is 87.7 Å². The Labute approximate surface area is 163 Å². The van der Waals surface area contributed by atoms with Crippen molar-refractivity contribution in [3.63, 3.8) is 0 Å². The van der Waals surface area contributed by atoms with Crippen molar-refractivity contribution < 1.29 is 0 Å². The monoisotopic (exact) mass is 383 g/mol. The van der Waals surface area contributed by atoms with Crippen molar-refractivity contribution in [3.8, 4) is 0 Å². The zero-order chi connectivity index (χ0) is 18.9. The van der Waals surface area contributed by atoms with E-state index in [0.717, 1.165) is 12.2 Å². The molecule has 1 aromatic carbocycles. The number of pyridine rings is 1. The number of nitrogens with zero attached hydrogens (tertiary/aromatic N) is 3. The predicted molar refractivity (Wildman–Crippen MR) is 108 cm³/mol. The summed E-state index contributed by atoms with van der Waals surface area (Å²) in [4.78, 5) is 21.0. The summed E-state index contributed by atoms with van der Waals surface area (Å²) < 4.78 is 1.52. The molecule has 27 heavy (non-hydrogen) atoms. The fourth-order valence-corrected chi connectivity index (χ4v) is 2.88. The average Bonchev–Trinajstić information content (AvgIpc) is 2.70. The second kappa shape index (κ2) is 9.85. The molecule has 2 heterocycles. The Bertz CT molecular complexity index is 899. The van der Waals surface area contributed by atoms with Crippen molar-refractivity contribution >= 4 is 17.4 Å². The van der Waals surface area contributed by atoms with Crippen LogP contribution in [-0.4, -0.2) is 27.6 Å². The Kier molecular flexibility index (Phi) is 6.96. The lowest BCUT2D eigenvalue weighted by Crippen LogP contribution is -2.30. The molecule has 0 fully saturated rings. The molecule has 140 valence electrons. The van der Waals surface area contributed by atoms with Crippen molar-refractivity contribution in [2.75, 3.05) is 18.4 Å². The quantitative estimate of drug-likeness (QED) is 0.556. The minimum atomic E-state index is -0.218. The van der Waals surface area contributed by atoms with Gasteiger partial charge in [-0.05, 0) is 17.7 Å². The van der Waals surface area contributed by atoms with Crippen molar-refractivity contribution in [2.24, 2.45) is 0 Å². The van der Waals surface area contributed by atoms with Crippen LogP contribution in [0.5, 0.6) is 0 Å². The van der Waals surface area contributed by atoms with Crippen LogP contribution in [0.3, 0.4) is 0 Å². The molecule has 3 aromatic rings. The molecule has 0 aliphatic carbocycles. The first-order valence-electron chi connectivity index (χ1n) is 8.88. The molecule has 7 heteroatoms. The van der Waals surface area contributed by atoms with Crippen LogP contribution in [0.25, 0.3) is 0 Å². The largest absolute Gasteiger partial charge is 0.365 e. The van der Waals surface area contributed by atoms with Gasteiger partial charge in [0.2, 0.25) is 0 Å². The number of rotatable bonds is 9. The standard InChI is InChI=1S/C20H22ClN5O/c21-18-15-25-19(24-11-9-17-8-4-5-10-23-17)20(27)26(18)13-12-22-14-16-6-2-1-3-7-16/h1-8,10,15,22H,9,11-14H2,(H,24,25). The fourth-order valence-electron chi connectivity index (χ4n) is 2.67. The van der Waals surface area contributed by atoms with E-state index in [1.54, 1.807) is 6.20 Å². The van der Waals surface area contributed by atoms with E-state index in [1.165, 1.54) is 16.3 Å². The molecule has 0 amide bonds. The number of halogens is 1. The molecule has 0 aliphatic heterocycles. The second-order valence-corrected chi connectivity index (χ2v) is 6.43. The van der Waals surface area contributed by atoms with E-state index < -0.39 is 0 Å². The van der Waals surface area contributed by atoms with E-state index in [2.05, 4.69) is 32.7 Å². The van der Waals surface area contributed by atoms with Crippen molar-refractivity contribution in [2.45, 2.75) is 19.5 Å². The van der Waals surface area contributed by atoms with E-state index >= 15 is 0 Å². The van der Waals surface area contributed by atoms with Crippen molar-refractivity contribution in [1.29, 1.82) is 0 Å². The summed E-state index contributed by atoms with van der Waals surface area (Å²) in [5, 5.41) is 6.73. The smallest absolute Gasteiger partial charge is 0.294 e. The van der Waals surface area contributed by atoms with Crippen LogP contribution in [0.1, 0.15) is 11.3 Å². The van der Waals surface area contributed by atoms with Gasteiger partial charge in [-0.1, -0.05) is 48.0 Å². The molecule has 2 N–H and O–H groups in total. The van der Waals surface area contributed by atoms with Gasteiger partial charge in [0.05, 0.1) is 6.20 Å². The highest BCUT2D eigenvalue weighted by Crippen LogP contribution is 2.06. The third kappa shape index (κ3) is 5.64. The van der Waals surface area contributed by atoms with Gasteiger partial charge in [-0.3, -0.25) is 14.3 Å². The topological polar surface area (TPSA) is 71.8 Å². The van der Waals surface area contributed by atoms with Gasteiger partial charge in [0.15, 0.2) is 5.82 Å². The summed E-state index contributed by atoms with van der Waals surface area (Å²) in [5.74, 6) is 0.304. The van der Waals surface area contributed by atoms with Gasteiger partial charge >= 0.3 is 0 Å². The number of nitrogens with one attached hydrogen (secondary N) is 2. The minimum Gasteiger partial charge on any atom is -0.365 e. The Balaban J connectivity index is 1.54. The van der Waals surface area contributed by atoms with Gasteiger partial charge in [-0.15, -0.1) is 0 Å². The molecular weight excluding hydrogens is 362 g/mol. The van der Waals surface area contributed by atoms with Gasteiger partial charge in [0.25, 0.3) is 5.56 Å². The summed E-state index contributed by atoms with van der Waals surface area (Å²) >= 11 is 6.16. The van der Waals surface area contributed by atoms with Gasteiger partial charge in [0.1, 0.15) is 5.15 Å². The first kappa shape index (κ1) is 19.1. The normalized spacial score (nSPS) is 10.7. The maximum atomic E-state index is 12.6. The molecule has 0 unspecified atom stereocenters. The van der Waals surface area contributed by atoms with E-state index in [0.29, 0.717) is 37.0 Å². The number of anilines is 1. The molecule has 0 spiro atoms. The van der Waals surface area contributed by atoms with Crippen LogP contribution >= 0.6 is 11.6 Å². The summed E-state index contributed by atoms with van der Waals surface area (Å²) in [6.07, 6.45) is 3.97. The lowest BCUT2D eigenvalue weighted by atomic mass is 10.2. The summed E-state index contributed by atoms with van der Waals surface area (Å²) in [5.41, 5.74) is 1.94. The van der Waals surface area contributed by atoms with Crippen LogP contribution in [0.4, 0.5) is 5.82 Å². The third-order valence-corrected chi connectivity index (χ3v) is 4.39. The summed E-state index contributed by atoms with van der Waals surface area (Å²) in [7, 11) is 0. The molecule has 0 aliphatic rings. The molecule has 0 atom stereocenters. The lowest BCUT2D eigenvalue weighted by molar-refractivity contribution is 0.584. The summed E-state index contributed by atoms with van der Waals surface area (Å²) in [6.45, 7) is 2.43.